The molecule has 2 atom stereocenters. The fourth-order valence-corrected chi connectivity index (χ4v) is 3.92. The molecule has 0 amide bonds. The van der Waals surface area contributed by atoms with Gasteiger partial charge in [0.15, 0.2) is 0 Å². The molecule has 1 N–H and O–H groups in total. The molecular weight excluding hydrogens is 254 g/mol. The Bertz CT molecular complexity index is 394. The second-order valence-electron chi connectivity index (χ2n) is 5.79. The monoisotopic (exact) mass is 279 g/mol. The van der Waals surface area contributed by atoms with Crippen LogP contribution in [-0.4, -0.2) is 12.6 Å². The van der Waals surface area contributed by atoms with Gasteiger partial charge in [-0.15, -0.1) is 0 Å². The summed E-state index contributed by atoms with van der Waals surface area (Å²) in [5.74, 6) is 0.689. The minimum absolute atomic E-state index is 0.434. The highest BCUT2D eigenvalue weighted by atomic mass is 35.5. The van der Waals surface area contributed by atoms with E-state index in [4.69, 9.17) is 11.6 Å². The van der Waals surface area contributed by atoms with E-state index in [1.807, 2.05) is 12.1 Å². The van der Waals surface area contributed by atoms with E-state index in [0.717, 1.165) is 11.6 Å². The van der Waals surface area contributed by atoms with Crippen LogP contribution in [0.2, 0.25) is 5.02 Å². The first-order valence-electron chi connectivity index (χ1n) is 7.66. The zero-order valence-corrected chi connectivity index (χ0v) is 13.1. The van der Waals surface area contributed by atoms with Crippen LogP contribution in [0, 0.1) is 5.41 Å². The van der Waals surface area contributed by atoms with Crippen molar-refractivity contribution in [2.75, 3.05) is 6.54 Å². The second kappa shape index (κ2) is 6.28. The van der Waals surface area contributed by atoms with Crippen molar-refractivity contribution in [2.45, 2.75) is 58.4 Å². The highest BCUT2D eigenvalue weighted by Crippen LogP contribution is 2.57. The van der Waals surface area contributed by atoms with Crippen LogP contribution in [0.25, 0.3) is 0 Å². The summed E-state index contributed by atoms with van der Waals surface area (Å²) >= 11 is 6.00. The van der Waals surface area contributed by atoms with Gasteiger partial charge in [0, 0.05) is 11.1 Å². The summed E-state index contributed by atoms with van der Waals surface area (Å²) in [6, 6.07) is 9.16. The van der Waals surface area contributed by atoms with Crippen LogP contribution in [0.1, 0.15) is 57.9 Å². The van der Waals surface area contributed by atoms with Crippen LogP contribution < -0.4 is 5.32 Å². The van der Waals surface area contributed by atoms with Gasteiger partial charge in [0.05, 0.1) is 0 Å². The maximum atomic E-state index is 6.00. The molecule has 1 fully saturated rings. The van der Waals surface area contributed by atoms with Gasteiger partial charge in [0.1, 0.15) is 0 Å². The van der Waals surface area contributed by atoms with Gasteiger partial charge in [-0.25, -0.2) is 0 Å². The Hall–Kier alpha value is -0.530. The molecule has 19 heavy (non-hydrogen) atoms. The van der Waals surface area contributed by atoms with Crippen molar-refractivity contribution in [3.05, 3.63) is 34.9 Å². The molecule has 0 aromatic heterocycles. The van der Waals surface area contributed by atoms with E-state index < -0.39 is 0 Å². The highest BCUT2D eigenvalue weighted by molar-refractivity contribution is 6.30. The molecule has 2 heteroatoms. The lowest BCUT2D eigenvalue weighted by molar-refractivity contribution is 0.0202. The molecule has 1 saturated carbocycles. The van der Waals surface area contributed by atoms with E-state index in [2.05, 4.69) is 38.2 Å². The van der Waals surface area contributed by atoms with Crippen molar-refractivity contribution in [3.63, 3.8) is 0 Å². The predicted octanol–water partition coefficient (Wildman–Crippen LogP) is 5.00. The average molecular weight is 280 g/mol. The Morgan fingerprint density at radius 2 is 1.79 bits per heavy atom. The zero-order valence-electron chi connectivity index (χ0n) is 12.4. The standard InChI is InChI=1S/C17H26ClN/c1-4-11-19-16-12-15(17(16,5-2)6-3)13-7-9-14(18)10-8-13/h7-10,15-16,19H,4-6,11-12H2,1-3H3. The molecule has 1 aliphatic carbocycles. The summed E-state index contributed by atoms with van der Waals surface area (Å²) in [7, 11) is 0. The SMILES string of the molecule is CCCNC1CC(c2ccc(Cl)cc2)C1(CC)CC. The molecule has 2 rings (SSSR count). The Morgan fingerprint density at radius 1 is 1.16 bits per heavy atom. The molecular formula is C17H26ClN. The molecule has 1 aromatic rings. The van der Waals surface area contributed by atoms with Crippen LogP contribution in [0.5, 0.6) is 0 Å². The maximum absolute atomic E-state index is 6.00. The van der Waals surface area contributed by atoms with E-state index in [9.17, 15) is 0 Å². The summed E-state index contributed by atoms with van der Waals surface area (Å²) < 4.78 is 0. The topological polar surface area (TPSA) is 12.0 Å². The van der Waals surface area contributed by atoms with Crippen molar-refractivity contribution in [2.24, 2.45) is 5.41 Å². The van der Waals surface area contributed by atoms with Crippen LogP contribution in [0.4, 0.5) is 0 Å². The summed E-state index contributed by atoms with van der Waals surface area (Å²) in [6.07, 6.45) is 4.98. The molecule has 0 heterocycles. The lowest BCUT2D eigenvalue weighted by Gasteiger charge is -2.57. The van der Waals surface area contributed by atoms with Gasteiger partial charge in [-0.1, -0.05) is 44.5 Å². The minimum Gasteiger partial charge on any atom is -0.313 e. The van der Waals surface area contributed by atoms with Gasteiger partial charge in [-0.05, 0) is 61.3 Å². The first-order valence-corrected chi connectivity index (χ1v) is 8.04. The third-order valence-corrected chi connectivity index (χ3v) is 5.34. The van der Waals surface area contributed by atoms with Crippen molar-refractivity contribution >= 4 is 11.6 Å². The molecule has 0 aliphatic heterocycles. The number of hydrogen-bond acceptors (Lipinski definition) is 1. The quantitative estimate of drug-likeness (QED) is 0.772. The van der Waals surface area contributed by atoms with Gasteiger partial charge in [0.2, 0.25) is 0 Å². The largest absolute Gasteiger partial charge is 0.313 e. The number of hydrogen-bond donors (Lipinski definition) is 1. The Morgan fingerprint density at radius 3 is 2.32 bits per heavy atom. The van der Waals surface area contributed by atoms with E-state index in [-0.39, 0.29) is 0 Å². The normalized spacial score (nSPS) is 25.1. The Kier molecular flexibility index (Phi) is 4.92. The number of rotatable bonds is 6. The lowest BCUT2D eigenvalue weighted by Crippen LogP contribution is -2.58. The molecule has 0 radical (unpaired) electrons. The second-order valence-corrected chi connectivity index (χ2v) is 6.22. The summed E-state index contributed by atoms with van der Waals surface area (Å²) in [5, 5.41) is 4.58. The Balaban J connectivity index is 2.16. The number of benzene rings is 1. The summed E-state index contributed by atoms with van der Waals surface area (Å²) in [4.78, 5) is 0. The molecule has 106 valence electrons. The molecule has 0 bridgehead atoms. The fourth-order valence-electron chi connectivity index (χ4n) is 3.79. The number of halogens is 1. The molecule has 1 nitrogen and oxygen atoms in total. The van der Waals surface area contributed by atoms with Gasteiger partial charge in [-0.2, -0.15) is 0 Å². The first-order chi connectivity index (χ1) is 9.17. The van der Waals surface area contributed by atoms with Crippen LogP contribution >= 0.6 is 11.6 Å². The van der Waals surface area contributed by atoms with E-state index in [0.29, 0.717) is 17.4 Å². The van der Waals surface area contributed by atoms with Crippen molar-refractivity contribution in [3.8, 4) is 0 Å². The molecule has 2 unspecified atom stereocenters. The van der Waals surface area contributed by atoms with Gasteiger partial charge < -0.3 is 5.32 Å². The van der Waals surface area contributed by atoms with Crippen LogP contribution in [0.3, 0.4) is 0 Å². The van der Waals surface area contributed by atoms with Crippen molar-refractivity contribution in [1.29, 1.82) is 0 Å². The van der Waals surface area contributed by atoms with Crippen LogP contribution in [-0.2, 0) is 0 Å². The van der Waals surface area contributed by atoms with Crippen LogP contribution in [0.15, 0.2) is 24.3 Å². The van der Waals surface area contributed by atoms with Gasteiger partial charge in [0.25, 0.3) is 0 Å². The zero-order chi connectivity index (χ0) is 13.9. The molecule has 0 saturated heterocycles. The van der Waals surface area contributed by atoms with Crippen molar-refractivity contribution < 1.29 is 0 Å². The molecule has 1 aromatic carbocycles. The average Bonchev–Trinajstić information content (AvgIpc) is 2.41. The number of nitrogens with one attached hydrogen (secondary N) is 1. The smallest absolute Gasteiger partial charge is 0.0406 e. The predicted molar refractivity (Wildman–Crippen MR) is 83.9 cm³/mol. The van der Waals surface area contributed by atoms with E-state index in [1.54, 1.807) is 0 Å². The molecule has 1 aliphatic rings. The third kappa shape index (κ3) is 2.68. The Labute approximate surface area is 122 Å². The molecule has 0 spiro atoms. The summed E-state index contributed by atoms with van der Waals surface area (Å²) in [6.45, 7) is 8.06. The highest BCUT2D eigenvalue weighted by Gasteiger charge is 2.52. The van der Waals surface area contributed by atoms with Gasteiger partial charge >= 0.3 is 0 Å². The van der Waals surface area contributed by atoms with Gasteiger partial charge in [-0.3, -0.25) is 0 Å². The fraction of sp³-hybridized carbons (Fsp3) is 0.647. The third-order valence-electron chi connectivity index (χ3n) is 5.09. The minimum atomic E-state index is 0.434. The lowest BCUT2D eigenvalue weighted by atomic mass is 9.52. The first kappa shape index (κ1) is 14.9. The summed E-state index contributed by atoms with van der Waals surface area (Å²) in [5.41, 5.74) is 1.89. The van der Waals surface area contributed by atoms with E-state index >= 15 is 0 Å². The van der Waals surface area contributed by atoms with Crippen molar-refractivity contribution in [1.82, 2.24) is 5.32 Å². The van der Waals surface area contributed by atoms with E-state index in [1.165, 1.54) is 31.2 Å². The maximum Gasteiger partial charge on any atom is 0.0406 e.